The predicted octanol–water partition coefficient (Wildman–Crippen LogP) is 1.96. The fraction of sp³-hybridized carbons (Fsp3) is 0.474. The molecule has 7 heteroatoms. The lowest BCUT2D eigenvalue weighted by molar-refractivity contribution is -0.143. The Kier molecular flexibility index (Phi) is 4.87. The molecule has 2 fully saturated rings. The van der Waals surface area contributed by atoms with E-state index in [4.69, 9.17) is 11.6 Å². The van der Waals surface area contributed by atoms with Crippen LogP contribution in [0.2, 0.25) is 5.02 Å². The third-order valence-corrected chi connectivity index (χ3v) is 5.75. The molecule has 6 nitrogen and oxygen atoms in total. The zero-order valence-corrected chi connectivity index (χ0v) is 15.5. The summed E-state index contributed by atoms with van der Waals surface area (Å²) >= 11 is 6.11. The van der Waals surface area contributed by atoms with E-state index in [1.54, 1.807) is 6.20 Å². The molecule has 2 aromatic rings. The van der Waals surface area contributed by atoms with Crippen molar-refractivity contribution in [1.82, 2.24) is 20.0 Å². The Morgan fingerprint density at radius 1 is 1.12 bits per heavy atom. The minimum atomic E-state index is -0.549. The van der Waals surface area contributed by atoms with Gasteiger partial charge in [-0.25, -0.2) is 0 Å². The molecule has 26 heavy (non-hydrogen) atoms. The van der Waals surface area contributed by atoms with Crippen molar-refractivity contribution in [3.05, 3.63) is 47.7 Å². The van der Waals surface area contributed by atoms with E-state index in [2.05, 4.69) is 21.4 Å². The number of carbonyl (C=O) groups is 1. The van der Waals surface area contributed by atoms with Gasteiger partial charge in [0, 0.05) is 49.3 Å². The maximum atomic E-state index is 13.5. The SMILES string of the molecule is O=C(N1CCN(c2cccc(Cl)c2)CC1)C1(n2cccn2)CCNCC1. The van der Waals surface area contributed by atoms with E-state index in [0.29, 0.717) is 0 Å². The van der Waals surface area contributed by atoms with E-state index in [9.17, 15) is 4.79 Å². The number of hydrogen-bond acceptors (Lipinski definition) is 4. The van der Waals surface area contributed by atoms with Gasteiger partial charge in [0.25, 0.3) is 5.91 Å². The molecule has 0 saturated carbocycles. The summed E-state index contributed by atoms with van der Waals surface area (Å²) in [4.78, 5) is 17.8. The molecule has 1 aromatic heterocycles. The highest BCUT2D eigenvalue weighted by Crippen LogP contribution is 2.30. The Balaban J connectivity index is 1.48. The number of piperidine rings is 1. The summed E-state index contributed by atoms with van der Waals surface area (Å²) in [6.07, 6.45) is 5.24. The molecule has 1 N–H and O–H groups in total. The van der Waals surface area contributed by atoms with Crippen LogP contribution in [-0.4, -0.2) is 59.9 Å². The Hall–Kier alpha value is -2.05. The molecule has 0 spiro atoms. The third-order valence-electron chi connectivity index (χ3n) is 5.51. The van der Waals surface area contributed by atoms with Crippen molar-refractivity contribution < 1.29 is 4.79 Å². The second-order valence-electron chi connectivity index (χ2n) is 6.99. The molecule has 2 aliphatic heterocycles. The van der Waals surface area contributed by atoms with Gasteiger partial charge < -0.3 is 15.1 Å². The molecule has 2 saturated heterocycles. The van der Waals surface area contributed by atoms with Crippen LogP contribution in [0.3, 0.4) is 0 Å². The summed E-state index contributed by atoms with van der Waals surface area (Å²) in [6, 6.07) is 9.80. The van der Waals surface area contributed by atoms with Gasteiger partial charge >= 0.3 is 0 Å². The fourth-order valence-corrected chi connectivity index (χ4v) is 4.22. The van der Waals surface area contributed by atoms with Crippen molar-refractivity contribution in [3.63, 3.8) is 0 Å². The number of amides is 1. The van der Waals surface area contributed by atoms with E-state index in [0.717, 1.165) is 62.8 Å². The molecule has 138 valence electrons. The van der Waals surface area contributed by atoms with Crippen LogP contribution < -0.4 is 10.2 Å². The van der Waals surface area contributed by atoms with Crippen molar-refractivity contribution in [1.29, 1.82) is 0 Å². The summed E-state index contributed by atoms with van der Waals surface area (Å²) in [5.41, 5.74) is 0.570. The van der Waals surface area contributed by atoms with Crippen LogP contribution in [-0.2, 0) is 10.3 Å². The summed E-state index contributed by atoms with van der Waals surface area (Å²) < 4.78 is 1.87. The van der Waals surface area contributed by atoms with Gasteiger partial charge in [0.1, 0.15) is 5.54 Å². The lowest BCUT2D eigenvalue weighted by Crippen LogP contribution is -2.59. The second kappa shape index (κ2) is 7.29. The molecule has 1 amide bonds. The minimum absolute atomic E-state index is 0.202. The molecule has 1 aromatic carbocycles. The summed E-state index contributed by atoms with van der Waals surface area (Å²) in [5.74, 6) is 0.202. The first-order valence-electron chi connectivity index (χ1n) is 9.20. The van der Waals surface area contributed by atoms with E-state index >= 15 is 0 Å². The average molecular weight is 374 g/mol. The first kappa shape index (κ1) is 17.4. The van der Waals surface area contributed by atoms with Crippen molar-refractivity contribution in [2.45, 2.75) is 18.4 Å². The fourth-order valence-electron chi connectivity index (χ4n) is 4.04. The number of hydrogen-bond donors (Lipinski definition) is 1. The zero-order chi connectivity index (χ0) is 18.0. The number of aromatic nitrogens is 2. The number of nitrogens with one attached hydrogen (secondary N) is 1. The second-order valence-corrected chi connectivity index (χ2v) is 7.43. The van der Waals surface area contributed by atoms with Crippen LogP contribution in [0.1, 0.15) is 12.8 Å². The monoisotopic (exact) mass is 373 g/mol. The van der Waals surface area contributed by atoms with Crippen LogP contribution in [0, 0.1) is 0 Å². The quantitative estimate of drug-likeness (QED) is 0.893. The lowest BCUT2D eigenvalue weighted by atomic mass is 9.86. The van der Waals surface area contributed by atoms with Gasteiger partial charge in [-0.1, -0.05) is 17.7 Å². The molecule has 4 rings (SSSR count). The highest BCUT2D eigenvalue weighted by atomic mass is 35.5. The number of piperazine rings is 1. The molecule has 2 aliphatic rings. The van der Waals surface area contributed by atoms with Gasteiger partial charge in [-0.3, -0.25) is 9.48 Å². The smallest absolute Gasteiger partial charge is 0.250 e. The first-order chi connectivity index (χ1) is 12.7. The van der Waals surface area contributed by atoms with Gasteiger partial charge in [-0.05, 0) is 50.2 Å². The number of anilines is 1. The number of rotatable bonds is 3. The Bertz CT molecular complexity index is 749. The van der Waals surface area contributed by atoms with Crippen molar-refractivity contribution >= 4 is 23.2 Å². The highest BCUT2D eigenvalue weighted by molar-refractivity contribution is 6.30. The van der Waals surface area contributed by atoms with E-state index in [-0.39, 0.29) is 5.91 Å². The average Bonchev–Trinajstić information content (AvgIpc) is 3.23. The zero-order valence-electron chi connectivity index (χ0n) is 14.8. The maximum absolute atomic E-state index is 13.5. The van der Waals surface area contributed by atoms with Crippen molar-refractivity contribution in [2.75, 3.05) is 44.2 Å². The highest BCUT2D eigenvalue weighted by Gasteiger charge is 2.44. The van der Waals surface area contributed by atoms with Crippen LogP contribution in [0.15, 0.2) is 42.7 Å². The largest absolute Gasteiger partial charge is 0.368 e. The standard InChI is InChI=1S/C19H24ClN5O/c20-16-3-1-4-17(15-16)23-11-13-24(14-12-23)18(26)19(5-8-21-9-6-19)25-10-2-7-22-25/h1-4,7,10,15,21H,5-6,8-9,11-14H2. The Morgan fingerprint density at radius 2 is 1.88 bits per heavy atom. The Morgan fingerprint density at radius 3 is 2.54 bits per heavy atom. The maximum Gasteiger partial charge on any atom is 0.250 e. The normalized spacial score (nSPS) is 20.2. The molecule has 3 heterocycles. The van der Waals surface area contributed by atoms with E-state index < -0.39 is 5.54 Å². The molecule has 0 bridgehead atoms. The molecular weight excluding hydrogens is 350 g/mol. The summed E-state index contributed by atoms with van der Waals surface area (Å²) in [7, 11) is 0. The van der Waals surface area contributed by atoms with Crippen molar-refractivity contribution in [3.8, 4) is 0 Å². The van der Waals surface area contributed by atoms with Gasteiger partial charge in [-0.15, -0.1) is 0 Å². The molecule has 0 radical (unpaired) electrons. The first-order valence-corrected chi connectivity index (χ1v) is 9.58. The van der Waals surface area contributed by atoms with Crippen LogP contribution in [0.5, 0.6) is 0 Å². The van der Waals surface area contributed by atoms with Gasteiger partial charge in [0.15, 0.2) is 0 Å². The topological polar surface area (TPSA) is 53.4 Å². The molecule has 0 aliphatic carbocycles. The van der Waals surface area contributed by atoms with Gasteiger partial charge in [0.2, 0.25) is 0 Å². The van der Waals surface area contributed by atoms with Crippen LogP contribution >= 0.6 is 11.6 Å². The molecular formula is C19H24ClN5O. The van der Waals surface area contributed by atoms with Crippen LogP contribution in [0.4, 0.5) is 5.69 Å². The number of halogens is 1. The van der Waals surface area contributed by atoms with E-state index in [1.165, 1.54) is 0 Å². The predicted molar refractivity (Wildman–Crippen MR) is 103 cm³/mol. The van der Waals surface area contributed by atoms with E-state index in [1.807, 2.05) is 40.0 Å². The van der Waals surface area contributed by atoms with Crippen LogP contribution in [0.25, 0.3) is 0 Å². The van der Waals surface area contributed by atoms with Gasteiger partial charge in [-0.2, -0.15) is 5.10 Å². The minimum Gasteiger partial charge on any atom is -0.368 e. The number of benzene rings is 1. The molecule has 0 unspecified atom stereocenters. The number of nitrogens with zero attached hydrogens (tertiary/aromatic N) is 4. The summed E-state index contributed by atoms with van der Waals surface area (Å²) in [6.45, 7) is 4.77. The Labute approximate surface area is 158 Å². The third kappa shape index (κ3) is 3.19. The number of carbonyl (C=O) groups excluding carboxylic acids is 1. The van der Waals surface area contributed by atoms with Gasteiger partial charge in [0.05, 0.1) is 0 Å². The lowest BCUT2D eigenvalue weighted by Gasteiger charge is -2.43. The van der Waals surface area contributed by atoms with Crippen molar-refractivity contribution in [2.24, 2.45) is 0 Å². The molecule has 0 atom stereocenters. The summed E-state index contributed by atoms with van der Waals surface area (Å²) in [5, 5.41) is 8.52.